The zero-order chi connectivity index (χ0) is 23.7. The molecule has 0 fully saturated rings. The van der Waals surface area contributed by atoms with Crippen molar-refractivity contribution in [1.29, 1.82) is 0 Å². The fraction of sp³-hybridized carbons (Fsp3) is 0.333. The van der Waals surface area contributed by atoms with Crippen LogP contribution in [0, 0.1) is 0 Å². The Hall–Kier alpha value is -3.36. The fourth-order valence-corrected chi connectivity index (χ4v) is 2.55. The second kappa shape index (κ2) is 11.9. The van der Waals surface area contributed by atoms with Gasteiger partial charge < -0.3 is 29.2 Å². The molecule has 0 amide bonds. The summed E-state index contributed by atoms with van der Waals surface area (Å²) in [5.74, 6) is -0.136. The lowest BCUT2D eigenvalue weighted by Crippen LogP contribution is -2.25. The predicted molar refractivity (Wildman–Crippen MR) is 118 cm³/mol. The Labute approximate surface area is 186 Å². The average Bonchev–Trinajstić information content (AvgIpc) is 2.78. The van der Waals surface area contributed by atoms with Gasteiger partial charge in [0.2, 0.25) is 0 Å². The molecule has 172 valence electrons. The van der Waals surface area contributed by atoms with Crippen molar-refractivity contribution < 1.29 is 38.7 Å². The van der Waals surface area contributed by atoms with Gasteiger partial charge in [0.1, 0.15) is 50.1 Å². The summed E-state index contributed by atoms with van der Waals surface area (Å²) in [4.78, 5) is 22.8. The molecule has 8 heteroatoms. The van der Waals surface area contributed by atoms with E-state index < -0.39 is 24.1 Å². The molecule has 0 aromatic heterocycles. The van der Waals surface area contributed by atoms with E-state index in [1.54, 1.807) is 12.1 Å². The van der Waals surface area contributed by atoms with E-state index in [-0.39, 0.29) is 37.6 Å². The molecule has 2 aromatic rings. The van der Waals surface area contributed by atoms with Crippen LogP contribution in [0.4, 0.5) is 0 Å². The number of hydrogen-bond acceptors (Lipinski definition) is 8. The van der Waals surface area contributed by atoms with Crippen molar-refractivity contribution in [2.45, 2.75) is 26.1 Å². The number of fused-ring (bicyclic) bond motifs is 1. The second-order valence-electron chi connectivity index (χ2n) is 7.29. The second-order valence-corrected chi connectivity index (χ2v) is 7.29. The van der Waals surface area contributed by atoms with Crippen molar-refractivity contribution in [1.82, 2.24) is 0 Å². The van der Waals surface area contributed by atoms with E-state index in [0.717, 1.165) is 10.8 Å². The minimum atomic E-state index is -1.01. The van der Waals surface area contributed by atoms with Crippen LogP contribution >= 0.6 is 0 Å². The predicted octanol–water partition coefficient (Wildman–Crippen LogP) is 2.56. The van der Waals surface area contributed by atoms with Crippen LogP contribution in [0.2, 0.25) is 0 Å². The molecule has 0 aliphatic heterocycles. The monoisotopic (exact) mass is 444 g/mol. The Balaban J connectivity index is 1.98. The smallest absolute Gasteiger partial charge is 0.333 e. The Bertz CT molecular complexity index is 903. The highest BCUT2D eigenvalue weighted by molar-refractivity contribution is 5.93. The summed E-state index contributed by atoms with van der Waals surface area (Å²) >= 11 is 0. The van der Waals surface area contributed by atoms with Gasteiger partial charge in [-0.25, -0.2) is 9.59 Å². The maximum absolute atomic E-state index is 11.4. The van der Waals surface area contributed by atoms with Crippen LogP contribution < -0.4 is 9.47 Å². The Morgan fingerprint density at radius 3 is 1.47 bits per heavy atom. The normalized spacial score (nSPS) is 12.5. The quantitative estimate of drug-likeness (QED) is 0.380. The number of aliphatic hydroxyl groups is 2. The summed E-state index contributed by atoms with van der Waals surface area (Å²) in [6, 6.07) is 10.7. The van der Waals surface area contributed by atoms with Crippen LogP contribution in [0.1, 0.15) is 13.8 Å². The molecule has 0 saturated carbocycles. The van der Waals surface area contributed by atoms with Crippen LogP contribution in [0.3, 0.4) is 0 Å². The molecule has 2 N–H and O–H groups in total. The van der Waals surface area contributed by atoms with Gasteiger partial charge in [-0.05, 0) is 26.0 Å². The first-order valence-electron chi connectivity index (χ1n) is 9.97. The number of carbonyl (C=O) groups excluding carboxylic acids is 2. The molecule has 0 heterocycles. The molecule has 0 aliphatic carbocycles. The molecule has 32 heavy (non-hydrogen) atoms. The summed E-state index contributed by atoms with van der Waals surface area (Å²) in [5, 5.41) is 21.5. The lowest BCUT2D eigenvalue weighted by Gasteiger charge is -2.17. The maximum atomic E-state index is 11.4. The molecule has 2 aromatic carbocycles. The van der Waals surface area contributed by atoms with Crippen molar-refractivity contribution in [2.75, 3.05) is 26.4 Å². The van der Waals surface area contributed by atoms with Crippen molar-refractivity contribution in [3.05, 3.63) is 60.7 Å². The lowest BCUT2D eigenvalue weighted by molar-refractivity contribution is -0.143. The lowest BCUT2D eigenvalue weighted by atomic mass is 10.1. The van der Waals surface area contributed by atoms with E-state index in [2.05, 4.69) is 13.2 Å². The van der Waals surface area contributed by atoms with Crippen LogP contribution in [0.25, 0.3) is 10.8 Å². The SMILES string of the molecule is C=C(C)C(=O)OCC(O)COc1ccc(OCC(O)COC(=O)C(=C)C)c2ccccc12. The van der Waals surface area contributed by atoms with E-state index in [1.807, 2.05) is 24.3 Å². The van der Waals surface area contributed by atoms with Crippen molar-refractivity contribution in [3.8, 4) is 11.5 Å². The van der Waals surface area contributed by atoms with Gasteiger partial charge in [-0.2, -0.15) is 0 Å². The largest absolute Gasteiger partial charge is 0.490 e. The average molecular weight is 444 g/mol. The molecular weight excluding hydrogens is 416 g/mol. The maximum Gasteiger partial charge on any atom is 0.333 e. The third kappa shape index (κ3) is 7.40. The van der Waals surface area contributed by atoms with Gasteiger partial charge in [0, 0.05) is 21.9 Å². The van der Waals surface area contributed by atoms with Crippen LogP contribution in [-0.2, 0) is 19.1 Å². The number of ether oxygens (including phenoxy) is 4. The number of carbonyl (C=O) groups is 2. The van der Waals surface area contributed by atoms with E-state index in [1.165, 1.54) is 13.8 Å². The van der Waals surface area contributed by atoms with Gasteiger partial charge in [-0.15, -0.1) is 0 Å². The summed E-state index contributed by atoms with van der Waals surface area (Å²) < 4.78 is 21.2. The van der Waals surface area contributed by atoms with Crippen LogP contribution in [-0.4, -0.2) is 60.8 Å². The molecule has 0 aliphatic rings. The first-order chi connectivity index (χ1) is 15.2. The number of rotatable bonds is 12. The molecule has 8 nitrogen and oxygen atoms in total. The highest BCUT2D eigenvalue weighted by Crippen LogP contribution is 2.33. The van der Waals surface area contributed by atoms with Crippen molar-refractivity contribution in [3.63, 3.8) is 0 Å². The minimum absolute atomic E-state index is 0.0829. The summed E-state index contributed by atoms with van der Waals surface area (Å²) in [5.41, 5.74) is 0.498. The van der Waals surface area contributed by atoms with Gasteiger partial charge >= 0.3 is 11.9 Å². The molecule has 0 bridgehead atoms. The van der Waals surface area contributed by atoms with Gasteiger partial charge in [0.15, 0.2) is 0 Å². The minimum Gasteiger partial charge on any atom is -0.490 e. The number of esters is 2. The topological polar surface area (TPSA) is 112 Å². The van der Waals surface area contributed by atoms with Crippen LogP contribution in [0.15, 0.2) is 60.7 Å². The molecule has 0 spiro atoms. The highest BCUT2D eigenvalue weighted by Gasteiger charge is 2.14. The van der Waals surface area contributed by atoms with Crippen LogP contribution in [0.5, 0.6) is 11.5 Å². The third-order valence-electron chi connectivity index (χ3n) is 4.22. The third-order valence-corrected chi connectivity index (χ3v) is 4.22. The summed E-state index contributed by atoms with van der Waals surface area (Å²) in [6.07, 6.45) is -2.02. The zero-order valence-electron chi connectivity index (χ0n) is 18.2. The number of hydrogen-bond donors (Lipinski definition) is 2. The number of benzene rings is 2. The van der Waals surface area contributed by atoms with Crippen molar-refractivity contribution in [2.24, 2.45) is 0 Å². The molecular formula is C24H28O8. The van der Waals surface area contributed by atoms with Gasteiger partial charge in [0.25, 0.3) is 0 Å². The standard InChI is InChI=1S/C24H28O8/c1-15(2)23(27)31-13-17(25)11-29-21-9-10-22(20-8-6-5-7-19(20)21)30-12-18(26)14-32-24(28)16(3)4/h5-10,17-18,25-26H,1,3,11-14H2,2,4H3. The number of aliphatic hydroxyl groups excluding tert-OH is 2. The van der Waals surface area contributed by atoms with Gasteiger partial charge in [-0.1, -0.05) is 37.4 Å². The Morgan fingerprint density at radius 2 is 1.12 bits per heavy atom. The van der Waals surface area contributed by atoms with E-state index in [9.17, 15) is 19.8 Å². The highest BCUT2D eigenvalue weighted by atomic mass is 16.6. The Kier molecular flexibility index (Phi) is 9.24. The summed E-state index contributed by atoms with van der Waals surface area (Å²) in [7, 11) is 0. The molecule has 2 atom stereocenters. The first-order valence-corrected chi connectivity index (χ1v) is 9.97. The zero-order valence-corrected chi connectivity index (χ0v) is 18.2. The summed E-state index contributed by atoms with van der Waals surface area (Å²) in [6.45, 7) is 9.42. The first kappa shape index (κ1) is 24.9. The van der Waals surface area contributed by atoms with Gasteiger partial charge in [0.05, 0.1) is 0 Å². The van der Waals surface area contributed by atoms with E-state index >= 15 is 0 Å². The van der Waals surface area contributed by atoms with Crippen molar-refractivity contribution >= 4 is 22.7 Å². The fourth-order valence-electron chi connectivity index (χ4n) is 2.55. The van der Waals surface area contributed by atoms with E-state index in [4.69, 9.17) is 18.9 Å². The molecule has 0 radical (unpaired) electrons. The van der Waals surface area contributed by atoms with E-state index in [0.29, 0.717) is 11.5 Å². The molecule has 2 unspecified atom stereocenters. The Morgan fingerprint density at radius 1 is 0.750 bits per heavy atom. The van der Waals surface area contributed by atoms with Gasteiger partial charge in [-0.3, -0.25) is 0 Å². The molecule has 2 rings (SSSR count). The molecule has 0 saturated heterocycles.